The van der Waals surface area contributed by atoms with Gasteiger partial charge in [0, 0.05) is 11.4 Å². The molecule has 10 nitrogen and oxygen atoms in total. The maximum Gasteiger partial charge on any atom is 0.164 e. The Morgan fingerprint density at radius 3 is 1.38 bits per heavy atom. The van der Waals surface area contributed by atoms with Gasteiger partial charge in [0.1, 0.15) is 24.4 Å². The third kappa shape index (κ3) is 8.60. The second-order valence-electron chi connectivity index (χ2n) is 9.60. The van der Waals surface area contributed by atoms with Crippen LogP contribution in [0.1, 0.15) is 80.1 Å². The van der Waals surface area contributed by atoms with Crippen molar-refractivity contribution < 1.29 is 39.4 Å². The number of rotatable bonds is 8. The molecule has 4 unspecified atom stereocenters. The molecule has 4 N–H and O–H groups in total. The van der Waals surface area contributed by atoms with Crippen molar-refractivity contribution in [3.8, 4) is 0 Å². The summed E-state index contributed by atoms with van der Waals surface area (Å²) in [6.45, 7) is 12.9. The van der Waals surface area contributed by atoms with Crippen LogP contribution in [0, 0.1) is 0 Å². The molecule has 0 radical (unpaired) electrons. The van der Waals surface area contributed by atoms with Crippen LogP contribution in [0.5, 0.6) is 0 Å². The predicted molar refractivity (Wildman–Crippen MR) is 128 cm³/mol. The van der Waals surface area contributed by atoms with Gasteiger partial charge < -0.3 is 39.4 Å². The fraction of sp³-hybridized carbons (Fsp3) is 0.917. The van der Waals surface area contributed by atoms with Crippen molar-refractivity contribution in [2.75, 3.05) is 13.1 Å². The number of fused-ring (bicyclic) bond motifs is 2. The van der Waals surface area contributed by atoms with E-state index in [0.29, 0.717) is 38.8 Å². The Balaban J connectivity index is 0.000000224. The van der Waals surface area contributed by atoms with E-state index in [1.165, 1.54) is 0 Å². The van der Waals surface area contributed by atoms with Gasteiger partial charge in [-0.2, -0.15) is 0 Å². The summed E-state index contributed by atoms with van der Waals surface area (Å²) in [4.78, 5) is 8.77. The van der Waals surface area contributed by atoms with Crippen LogP contribution in [0.4, 0.5) is 0 Å². The molecule has 0 aromatic heterocycles. The van der Waals surface area contributed by atoms with E-state index in [1.54, 1.807) is 0 Å². The van der Waals surface area contributed by atoms with Crippen LogP contribution in [0.2, 0.25) is 0 Å². The molecule has 0 saturated carbocycles. The monoisotopic (exact) mass is 488 g/mol. The molecular formula is C24H44N2O8. The SMILES string of the molecule is CC.CC1(C)OC2CN=C(CCCC(O)O)C2O1.CC1(C)OC2CN=C(CCCC(O)O)C2O1. The number of ether oxygens (including phenoxy) is 4. The van der Waals surface area contributed by atoms with Crippen LogP contribution >= 0.6 is 0 Å². The van der Waals surface area contributed by atoms with E-state index in [1.807, 2.05) is 41.5 Å². The van der Waals surface area contributed by atoms with Crippen molar-refractivity contribution in [2.45, 2.75) is 129 Å². The molecule has 2 saturated heterocycles. The lowest BCUT2D eigenvalue weighted by atomic mass is 10.1. The Labute approximate surface area is 203 Å². The molecule has 0 aliphatic carbocycles. The summed E-state index contributed by atoms with van der Waals surface area (Å²) in [6.07, 6.45) is 1.24. The third-order valence-electron chi connectivity index (χ3n) is 5.76. The predicted octanol–water partition coefficient (Wildman–Crippen LogP) is 1.91. The molecule has 0 amide bonds. The number of aliphatic hydroxyl groups excluding tert-OH is 2. The van der Waals surface area contributed by atoms with Gasteiger partial charge in [-0.25, -0.2) is 0 Å². The van der Waals surface area contributed by atoms with Gasteiger partial charge in [-0.1, -0.05) is 13.8 Å². The zero-order valence-electron chi connectivity index (χ0n) is 21.4. The fourth-order valence-corrected chi connectivity index (χ4v) is 4.47. The molecule has 2 fully saturated rings. The van der Waals surface area contributed by atoms with Crippen LogP contribution in [0.3, 0.4) is 0 Å². The van der Waals surface area contributed by atoms with E-state index in [9.17, 15) is 0 Å². The Bertz CT molecular complexity index is 634. The van der Waals surface area contributed by atoms with Crippen LogP contribution in [-0.4, -0.2) is 93.5 Å². The van der Waals surface area contributed by atoms with Crippen molar-refractivity contribution in [3.63, 3.8) is 0 Å². The first kappa shape index (κ1) is 29.3. The molecule has 4 aliphatic rings. The minimum atomic E-state index is -1.23. The summed E-state index contributed by atoms with van der Waals surface area (Å²) in [5.41, 5.74) is 1.99. The standard InChI is InChI=1S/2C11H19NO4.C2H6/c2*1-11(2)15-8-6-12-7(10(8)16-11)4-3-5-9(13)14;1-2/h2*8-10,13-14H,3-6H2,1-2H3;1-2H3. The minimum absolute atomic E-state index is 0.0363. The lowest BCUT2D eigenvalue weighted by Crippen LogP contribution is -2.27. The summed E-state index contributed by atoms with van der Waals surface area (Å²) in [7, 11) is 0. The smallest absolute Gasteiger partial charge is 0.164 e. The van der Waals surface area contributed by atoms with E-state index in [4.69, 9.17) is 39.4 Å². The minimum Gasteiger partial charge on any atom is -0.368 e. The maximum absolute atomic E-state index is 8.76. The number of nitrogens with zero attached hydrogens (tertiary/aromatic N) is 2. The van der Waals surface area contributed by atoms with Crippen molar-refractivity contribution in [2.24, 2.45) is 9.98 Å². The van der Waals surface area contributed by atoms with Crippen LogP contribution in [0.25, 0.3) is 0 Å². The average Bonchev–Trinajstić information content (AvgIpc) is 3.43. The highest BCUT2D eigenvalue weighted by Crippen LogP contribution is 2.34. The number of aliphatic imine (C=N–C) groups is 2. The number of hydrogen-bond acceptors (Lipinski definition) is 10. The molecule has 10 heteroatoms. The highest BCUT2D eigenvalue weighted by molar-refractivity contribution is 5.91. The molecule has 4 rings (SSSR count). The molecule has 4 aliphatic heterocycles. The number of aliphatic hydroxyl groups is 4. The van der Waals surface area contributed by atoms with E-state index in [2.05, 4.69) is 9.98 Å². The van der Waals surface area contributed by atoms with Crippen molar-refractivity contribution in [3.05, 3.63) is 0 Å². The van der Waals surface area contributed by atoms with Crippen molar-refractivity contribution >= 4 is 11.4 Å². The summed E-state index contributed by atoms with van der Waals surface area (Å²) in [5, 5.41) is 35.0. The fourth-order valence-electron chi connectivity index (χ4n) is 4.47. The molecular weight excluding hydrogens is 444 g/mol. The van der Waals surface area contributed by atoms with E-state index in [-0.39, 0.29) is 24.4 Å². The van der Waals surface area contributed by atoms with Gasteiger partial charge in [0.15, 0.2) is 24.2 Å². The number of hydrogen-bond donors (Lipinski definition) is 4. The van der Waals surface area contributed by atoms with Gasteiger partial charge >= 0.3 is 0 Å². The van der Waals surface area contributed by atoms with Gasteiger partial charge in [0.25, 0.3) is 0 Å². The maximum atomic E-state index is 8.76. The molecule has 0 bridgehead atoms. The summed E-state index contributed by atoms with van der Waals surface area (Å²) >= 11 is 0. The first-order chi connectivity index (χ1) is 16.0. The van der Waals surface area contributed by atoms with Crippen LogP contribution < -0.4 is 0 Å². The highest BCUT2D eigenvalue weighted by Gasteiger charge is 2.47. The quantitative estimate of drug-likeness (QED) is 0.380. The molecule has 0 spiro atoms. The summed E-state index contributed by atoms with van der Waals surface area (Å²) < 4.78 is 22.9. The first-order valence-electron chi connectivity index (χ1n) is 12.5. The normalized spacial score (nSPS) is 30.2. The molecule has 198 valence electrons. The molecule has 0 aromatic rings. The van der Waals surface area contributed by atoms with E-state index in [0.717, 1.165) is 24.3 Å². The molecule has 0 aromatic carbocycles. The van der Waals surface area contributed by atoms with Crippen molar-refractivity contribution in [1.29, 1.82) is 0 Å². The van der Waals surface area contributed by atoms with Crippen molar-refractivity contribution in [1.82, 2.24) is 0 Å². The average molecular weight is 489 g/mol. The summed E-state index contributed by atoms with van der Waals surface area (Å²) in [5.74, 6) is -1.04. The topological polar surface area (TPSA) is 143 Å². The Kier molecular flexibility index (Phi) is 11.0. The Morgan fingerprint density at radius 2 is 1.06 bits per heavy atom. The highest BCUT2D eigenvalue weighted by atomic mass is 16.8. The molecule has 4 heterocycles. The van der Waals surface area contributed by atoms with Crippen LogP contribution in [0.15, 0.2) is 9.98 Å². The Morgan fingerprint density at radius 1 is 0.706 bits per heavy atom. The van der Waals surface area contributed by atoms with Gasteiger partial charge in [-0.15, -0.1) is 0 Å². The zero-order chi connectivity index (χ0) is 25.5. The summed E-state index contributed by atoms with van der Waals surface area (Å²) in [6, 6.07) is 0. The van der Waals surface area contributed by atoms with Gasteiger partial charge in [-0.05, 0) is 66.2 Å². The van der Waals surface area contributed by atoms with Gasteiger partial charge in [0.2, 0.25) is 0 Å². The third-order valence-corrected chi connectivity index (χ3v) is 5.76. The second-order valence-corrected chi connectivity index (χ2v) is 9.60. The largest absolute Gasteiger partial charge is 0.368 e. The zero-order valence-corrected chi connectivity index (χ0v) is 21.4. The van der Waals surface area contributed by atoms with E-state index >= 15 is 0 Å². The molecule has 4 atom stereocenters. The van der Waals surface area contributed by atoms with E-state index < -0.39 is 24.2 Å². The van der Waals surface area contributed by atoms with Gasteiger partial charge in [-0.3, -0.25) is 9.98 Å². The second kappa shape index (κ2) is 12.8. The molecule has 34 heavy (non-hydrogen) atoms. The van der Waals surface area contributed by atoms with Gasteiger partial charge in [0.05, 0.1) is 13.1 Å². The van der Waals surface area contributed by atoms with Crippen LogP contribution in [-0.2, 0) is 18.9 Å². The lowest BCUT2D eigenvalue weighted by molar-refractivity contribution is -0.142. The lowest BCUT2D eigenvalue weighted by Gasteiger charge is -2.18. The Hall–Kier alpha value is -0.980. The first-order valence-corrected chi connectivity index (χ1v) is 12.5.